The zero-order chi connectivity index (χ0) is 17.0. The number of nitro groups is 1. The standard InChI is InChI=1S/C15H16N2O5S/c1-22-15-6-4-3-5-11(15)10-16-13-8-7-12(23(2,20)21)9-14(13)17(18)19/h3-9,16H,10H2,1-2H3. The summed E-state index contributed by atoms with van der Waals surface area (Å²) in [5, 5.41) is 14.1. The molecule has 0 unspecified atom stereocenters. The normalized spacial score (nSPS) is 11.0. The van der Waals surface area contributed by atoms with E-state index in [4.69, 9.17) is 4.74 Å². The van der Waals surface area contributed by atoms with E-state index in [2.05, 4.69) is 5.32 Å². The largest absolute Gasteiger partial charge is 0.496 e. The molecule has 0 aromatic heterocycles. The van der Waals surface area contributed by atoms with E-state index in [1.54, 1.807) is 13.2 Å². The highest BCUT2D eigenvalue weighted by Gasteiger charge is 2.18. The van der Waals surface area contributed by atoms with Crippen LogP contribution in [0.5, 0.6) is 5.75 Å². The first kappa shape index (κ1) is 16.8. The van der Waals surface area contributed by atoms with E-state index < -0.39 is 14.8 Å². The van der Waals surface area contributed by atoms with Crippen molar-refractivity contribution in [3.05, 3.63) is 58.1 Å². The Labute approximate surface area is 134 Å². The number of nitro benzene ring substituents is 1. The summed E-state index contributed by atoms with van der Waals surface area (Å²) in [5.41, 5.74) is 0.785. The molecule has 0 bridgehead atoms. The lowest BCUT2D eigenvalue weighted by Gasteiger charge is -2.11. The number of benzene rings is 2. The Morgan fingerprint density at radius 1 is 1.22 bits per heavy atom. The lowest BCUT2D eigenvalue weighted by atomic mass is 10.2. The summed E-state index contributed by atoms with van der Waals surface area (Å²) in [7, 11) is -1.96. The van der Waals surface area contributed by atoms with Gasteiger partial charge in [-0.3, -0.25) is 10.1 Å². The molecule has 7 nitrogen and oxygen atoms in total. The number of hydrogen-bond donors (Lipinski definition) is 1. The summed E-state index contributed by atoms with van der Waals surface area (Å²) in [4.78, 5) is 10.5. The van der Waals surface area contributed by atoms with Gasteiger partial charge < -0.3 is 10.1 Å². The maximum Gasteiger partial charge on any atom is 0.293 e. The molecular formula is C15H16N2O5S. The predicted octanol–water partition coefficient (Wildman–Crippen LogP) is 2.62. The Hall–Kier alpha value is -2.61. The minimum atomic E-state index is -3.51. The second-order valence-corrected chi connectivity index (χ2v) is 6.89. The van der Waals surface area contributed by atoms with Gasteiger partial charge in [0.2, 0.25) is 0 Å². The van der Waals surface area contributed by atoms with Gasteiger partial charge in [0.15, 0.2) is 9.84 Å². The highest BCUT2D eigenvalue weighted by Crippen LogP contribution is 2.29. The molecule has 0 aliphatic rings. The number of nitrogens with zero attached hydrogens (tertiary/aromatic N) is 1. The number of para-hydroxylation sites is 1. The summed E-state index contributed by atoms with van der Waals surface area (Å²) in [6.07, 6.45) is 1.01. The molecule has 0 saturated heterocycles. The Balaban J connectivity index is 2.31. The zero-order valence-electron chi connectivity index (χ0n) is 12.6. The SMILES string of the molecule is COc1ccccc1CNc1ccc(S(C)(=O)=O)cc1[N+](=O)[O-]. The topological polar surface area (TPSA) is 98.5 Å². The van der Waals surface area contributed by atoms with Crippen molar-refractivity contribution < 1.29 is 18.1 Å². The van der Waals surface area contributed by atoms with Crippen LogP contribution in [0.3, 0.4) is 0 Å². The average molecular weight is 336 g/mol. The molecule has 0 heterocycles. The fourth-order valence-electron chi connectivity index (χ4n) is 2.08. The van der Waals surface area contributed by atoms with Crippen LogP contribution >= 0.6 is 0 Å². The molecule has 23 heavy (non-hydrogen) atoms. The molecule has 1 N–H and O–H groups in total. The number of rotatable bonds is 6. The van der Waals surface area contributed by atoms with Crippen LogP contribution in [-0.2, 0) is 16.4 Å². The Morgan fingerprint density at radius 3 is 2.52 bits per heavy atom. The van der Waals surface area contributed by atoms with Crippen LogP contribution in [0.25, 0.3) is 0 Å². The molecule has 0 radical (unpaired) electrons. The van der Waals surface area contributed by atoms with Crippen molar-refractivity contribution in [3.63, 3.8) is 0 Å². The number of ether oxygens (including phenoxy) is 1. The Kier molecular flexibility index (Phi) is 4.85. The van der Waals surface area contributed by atoms with E-state index in [-0.39, 0.29) is 16.3 Å². The third-order valence-electron chi connectivity index (χ3n) is 3.26. The molecule has 0 fully saturated rings. The number of methoxy groups -OCH3 is 1. The first-order chi connectivity index (χ1) is 10.8. The van der Waals surface area contributed by atoms with Crippen LogP contribution in [0.4, 0.5) is 11.4 Å². The highest BCUT2D eigenvalue weighted by atomic mass is 32.2. The third kappa shape index (κ3) is 3.98. The Bertz CT molecular complexity index is 834. The van der Waals surface area contributed by atoms with Gasteiger partial charge in [0.05, 0.1) is 16.9 Å². The van der Waals surface area contributed by atoms with E-state index in [0.717, 1.165) is 17.9 Å². The van der Waals surface area contributed by atoms with E-state index in [9.17, 15) is 18.5 Å². The highest BCUT2D eigenvalue weighted by molar-refractivity contribution is 7.90. The number of anilines is 1. The molecule has 2 aromatic rings. The third-order valence-corrected chi connectivity index (χ3v) is 4.37. The van der Waals surface area contributed by atoms with Gasteiger partial charge in [0.25, 0.3) is 5.69 Å². The zero-order valence-corrected chi connectivity index (χ0v) is 13.5. The minimum absolute atomic E-state index is 0.0907. The van der Waals surface area contributed by atoms with Crippen LogP contribution in [0.1, 0.15) is 5.56 Å². The average Bonchev–Trinajstić information content (AvgIpc) is 2.52. The maximum atomic E-state index is 11.5. The molecule has 0 amide bonds. The lowest BCUT2D eigenvalue weighted by molar-refractivity contribution is -0.384. The Morgan fingerprint density at radius 2 is 1.91 bits per heavy atom. The summed E-state index contributed by atoms with van der Waals surface area (Å²) in [5.74, 6) is 0.662. The number of hydrogen-bond acceptors (Lipinski definition) is 6. The monoisotopic (exact) mass is 336 g/mol. The second-order valence-electron chi connectivity index (χ2n) is 4.87. The minimum Gasteiger partial charge on any atom is -0.496 e. The van der Waals surface area contributed by atoms with Crippen molar-refractivity contribution in [1.82, 2.24) is 0 Å². The van der Waals surface area contributed by atoms with Crippen LogP contribution < -0.4 is 10.1 Å². The summed E-state index contributed by atoms with van der Waals surface area (Å²) in [6, 6.07) is 11.1. The first-order valence-electron chi connectivity index (χ1n) is 6.67. The summed E-state index contributed by atoms with van der Waals surface area (Å²) in [6.45, 7) is 0.309. The molecular weight excluding hydrogens is 320 g/mol. The smallest absolute Gasteiger partial charge is 0.293 e. The fraction of sp³-hybridized carbons (Fsp3) is 0.200. The maximum absolute atomic E-state index is 11.5. The summed E-state index contributed by atoms with van der Waals surface area (Å²) >= 11 is 0. The van der Waals surface area contributed by atoms with Gasteiger partial charge in [0.1, 0.15) is 11.4 Å². The van der Waals surface area contributed by atoms with E-state index in [0.29, 0.717) is 12.3 Å². The van der Waals surface area contributed by atoms with E-state index >= 15 is 0 Å². The lowest BCUT2D eigenvalue weighted by Crippen LogP contribution is -2.05. The quantitative estimate of drug-likeness (QED) is 0.643. The fourth-order valence-corrected chi connectivity index (χ4v) is 2.72. The molecule has 2 rings (SSSR count). The van der Waals surface area contributed by atoms with Crippen LogP contribution in [-0.4, -0.2) is 26.7 Å². The van der Waals surface area contributed by atoms with Crippen molar-refractivity contribution in [2.75, 3.05) is 18.7 Å². The van der Waals surface area contributed by atoms with Gasteiger partial charge in [-0.2, -0.15) is 0 Å². The van der Waals surface area contributed by atoms with Gasteiger partial charge >= 0.3 is 0 Å². The van der Waals surface area contributed by atoms with Crippen molar-refractivity contribution in [1.29, 1.82) is 0 Å². The molecule has 0 spiro atoms. The number of nitrogens with one attached hydrogen (secondary N) is 1. The van der Waals surface area contributed by atoms with Crippen molar-refractivity contribution in [2.24, 2.45) is 0 Å². The van der Waals surface area contributed by atoms with Crippen molar-refractivity contribution in [3.8, 4) is 5.75 Å². The van der Waals surface area contributed by atoms with Gasteiger partial charge in [-0.1, -0.05) is 18.2 Å². The van der Waals surface area contributed by atoms with Gasteiger partial charge in [-0.15, -0.1) is 0 Å². The molecule has 8 heteroatoms. The van der Waals surface area contributed by atoms with Crippen molar-refractivity contribution in [2.45, 2.75) is 11.4 Å². The second kappa shape index (κ2) is 6.66. The van der Waals surface area contributed by atoms with E-state index in [1.807, 2.05) is 18.2 Å². The molecule has 2 aromatic carbocycles. The molecule has 0 aliphatic heterocycles. The molecule has 0 atom stereocenters. The summed E-state index contributed by atoms with van der Waals surface area (Å²) < 4.78 is 28.3. The van der Waals surface area contributed by atoms with Crippen LogP contribution in [0, 0.1) is 10.1 Å². The molecule has 0 saturated carbocycles. The molecule has 0 aliphatic carbocycles. The predicted molar refractivity (Wildman–Crippen MR) is 86.5 cm³/mol. The first-order valence-corrected chi connectivity index (χ1v) is 8.56. The van der Waals surface area contributed by atoms with Crippen LogP contribution in [0.15, 0.2) is 47.4 Å². The van der Waals surface area contributed by atoms with Gasteiger partial charge in [0, 0.05) is 24.4 Å². The van der Waals surface area contributed by atoms with Crippen LogP contribution in [0.2, 0.25) is 0 Å². The van der Waals surface area contributed by atoms with Crippen molar-refractivity contribution >= 4 is 21.2 Å². The van der Waals surface area contributed by atoms with Gasteiger partial charge in [-0.25, -0.2) is 8.42 Å². The number of sulfone groups is 1. The van der Waals surface area contributed by atoms with Gasteiger partial charge in [-0.05, 0) is 18.2 Å². The van der Waals surface area contributed by atoms with E-state index in [1.165, 1.54) is 12.1 Å². The molecule has 122 valence electrons.